The van der Waals surface area contributed by atoms with Crippen molar-refractivity contribution in [3.05, 3.63) is 63.0 Å². The monoisotopic (exact) mass is 302 g/mol. The predicted molar refractivity (Wildman–Crippen MR) is 87.1 cm³/mol. The van der Waals surface area contributed by atoms with E-state index in [1.165, 1.54) is 11.1 Å². The first-order valence-electron chi connectivity index (χ1n) is 7.42. The van der Waals surface area contributed by atoms with E-state index < -0.39 is 0 Å². The Bertz CT molecular complexity index is 708. The van der Waals surface area contributed by atoms with Gasteiger partial charge in [-0.3, -0.25) is 4.79 Å². The molecular formula is C17H19ClN2O. The highest BCUT2D eigenvalue weighted by Crippen LogP contribution is 2.35. The minimum absolute atomic E-state index is 0.0565. The molecule has 1 unspecified atom stereocenters. The predicted octanol–water partition coefficient (Wildman–Crippen LogP) is 4.01. The van der Waals surface area contributed by atoms with Crippen LogP contribution < -0.4 is 10.9 Å². The van der Waals surface area contributed by atoms with Crippen molar-refractivity contribution < 1.29 is 0 Å². The van der Waals surface area contributed by atoms with E-state index in [0.29, 0.717) is 6.04 Å². The molecule has 4 heteroatoms. The van der Waals surface area contributed by atoms with Crippen LogP contribution in [0.25, 0.3) is 0 Å². The maximum atomic E-state index is 11.8. The first-order valence-corrected chi connectivity index (χ1v) is 7.80. The Kier molecular flexibility index (Phi) is 4.02. The molecule has 0 aliphatic heterocycles. The number of halogens is 1. The van der Waals surface area contributed by atoms with Gasteiger partial charge in [-0.25, -0.2) is 0 Å². The Balaban J connectivity index is 1.83. The van der Waals surface area contributed by atoms with E-state index in [1.807, 2.05) is 18.3 Å². The third-order valence-electron chi connectivity index (χ3n) is 3.97. The number of hydrogen-bond acceptors (Lipinski definition) is 2. The van der Waals surface area contributed by atoms with Crippen LogP contribution in [0.3, 0.4) is 0 Å². The van der Waals surface area contributed by atoms with Crippen LogP contribution in [0.4, 0.5) is 5.69 Å². The summed E-state index contributed by atoms with van der Waals surface area (Å²) in [6, 6.07) is 9.89. The van der Waals surface area contributed by atoms with Crippen LogP contribution in [-0.4, -0.2) is 4.57 Å². The minimum Gasteiger partial charge on any atom is -0.377 e. The summed E-state index contributed by atoms with van der Waals surface area (Å²) in [7, 11) is 0. The van der Waals surface area contributed by atoms with Gasteiger partial charge in [-0.1, -0.05) is 24.6 Å². The van der Waals surface area contributed by atoms with Crippen molar-refractivity contribution in [2.24, 2.45) is 0 Å². The van der Waals surface area contributed by atoms with Gasteiger partial charge in [0, 0.05) is 23.8 Å². The fourth-order valence-electron chi connectivity index (χ4n) is 2.97. The van der Waals surface area contributed by atoms with E-state index in [-0.39, 0.29) is 5.56 Å². The summed E-state index contributed by atoms with van der Waals surface area (Å²) in [6.07, 6.45) is 4.97. The summed E-state index contributed by atoms with van der Waals surface area (Å²) >= 11 is 6.05. The molecular weight excluding hydrogens is 284 g/mol. The number of aryl methyl sites for hydroxylation is 2. The molecule has 0 amide bonds. The molecule has 0 bridgehead atoms. The summed E-state index contributed by atoms with van der Waals surface area (Å²) < 4.78 is 1.76. The maximum absolute atomic E-state index is 11.8. The highest BCUT2D eigenvalue weighted by atomic mass is 35.5. The summed E-state index contributed by atoms with van der Waals surface area (Å²) in [5.41, 5.74) is 3.69. The van der Waals surface area contributed by atoms with E-state index in [2.05, 4.69) is 24.4 Å². The van der Waals surface area contributed by atoms with Crippen molar-refractivity contribution in [3.8, 4) is 0 Å². The zero-order valence-electron chi connectivity index (χ0n) is 12.1. The first-order chi connectivity index (χ1) is 10.2. The highest BCUT2D eigenvalue weighted by Gasteiger charge is 2.22. The Morgan fingerprint density at radius 3 is 3.00 bits per heavy atom. The zero-order chi connectivity index (χ0) is 14.8. The van der Waals surface area contributed by atoms with Crippen molar-refractivity contribution in [2.75, 3.05) is 5.32 Å². The molecule has 3 rings (SSSR count). The summed E-state index contributed by atoms with van der Waals surface area (Å²) in [6.45, 7) is 2.83. The SMILES string of the molecule is CCCn1cc(NC2CCc3cc(Cl)ccc32)ccc1=O. The van der Waals surface area contributed by atoms with E-state index >= 15 is 0 Å². The first kappa shape index (κ1) is 14.2. The molecule has 0 saturated carbocycles. The van der Waals surface area contributed by atoms with E-state index in [0.717, 1.165) is 36.5 Å². The molecule has 0 spiro atoms. The number of rotatable bonds is 4. The van der Waals surface area contributed by atoms with Crippen LogP contribution in [0, 0.1) is 0 Å². The van der Waals surface area contributed by atoms with Gasteiger partial charge in [0.15, 0.2) is 0 Å². The molecule has 1 atom stereocenters. The number of pyridine rings is 1. The van der Waals surface area contributed by atoms with E-state index in [1.54, 1.807) is 10.6 Å². The minimum atomic E-state index is 0.0565. The fourth-order valence-corrected chi connectivity index (χ4v) is 3.16. The van der Waals surface area contributed by atoms with Crippen molar-refractivity contribution in [2.45, 2.75) is 38.8 Å². The Morgan fingerprint density at radius 1 is 1.33 bits per heavy atom. The Hall–Kier alpha value is -1.74. The summed E-state index contributed by atoms with van der Waals surface area (Å²) in [5.74, 6) is 0. The third-order valence-corrected chi connectivity index (χ3v) is 4.21. The van der Waals surface area contributed by atoms with Crippen LogP contribution in [-0.2, 0) is 13.0 Å². The molecule has 1 N–H and O–H groups in total. The fraction of sp³-hybridized carbons (Fsp3) is 0.353. The van der Waals surface area contributed by atoms with Crippen LogP contribution >= 0.6 is 11.6 Å². The normalized spacial score (nSPS) is 16.8. The van der Waals surface area contributed by atoms with Gasteiger partial charge in [-0.2, -0.15) is 0 Å². The molecule has 1 aliphatic carbocycles. The molecule has 0 saturated heterocycles. The second-order valence-electron chi connectivity index (χ2n) is 5.53. The molecule has 1 aromatic carbocycles. The second kappa shape index (κ2) is 5.94. The number of anilines is 1. The molecule has 21 heavy (non-hydrogen) atoms. The number of hydrogen-bond donors (Lipinski definition) is 1. The third kappa shape index (κ3) is 2.98. The lowest BCUT2D eigenvalue weighted by molar-refractivity contribution is 0.653. The molecule has 1 aliphatic rings. The molecule has 110 valence electrons. The molecule has 1 aromatic heterocycles. The number of aromatic nitrogens is 1. The van der Waals surface area contributed by atoms with Crippen molar-refractivity contribution in [3.63, 3.8) is 0 Å². The van der Waals surface area contributed by atoms with Crippen molar-refractivity contribution in [1.82, 2.24) is 4.57 Å². The molecule has 0 radical (unpaired) electrons. The van der Waals surface area contributed by atoms with Gasteiger partial charge in [0.05, 0.1) is 11.7 Å². The average Bonchev–Trinajstić information content (AvgIpc) is 2.85. The zero-order valence-corrected chi connectivity index (χ0v) is 12.9. The van der Waals surface area contributed by atoms with Gasteiger partial charge in [-0.05, 0) is 48.6 Å². The van der Waals surface area contributed by atoms with Gasteiger partial charge in [0.1, 0.15) is 0 Å². The van der Waals surface area contributed by atoms with Gasteiger partial charge in [0.25, 0.3) is 5.56 Å². The lowest BCUT2D eigenvalue weighted by atomic mass is 10.1. The Labute approximate surface area is 129 Å². The molecule has 0 fully saturated rings. The number of benzene rings is 1. The van der Waals surface area contributed by atoms with Crippen molar-refractivity contribution >= 4 is 17.3 Å². The number of nitrogens with one attached hydrogen (secondary N) is 1. The quantitative estimate of drug-likeness (QED) is 0.926. The van der Waals surface area contributed by atoms with E-state index in [4.69, 9.17) is 11.6 Å². The van der Waals surface area contributed by atoms with Crippen LogP contribution in [0.2, 0.25) is 5.02 Å². The van der Waals surface area contributed by atoms with Gasteiger partial charge < -0.3 is 9.88 Å². The number of fused-ring (bicyclic) bond motifs is 1. The van der Waals surface area contributed by atoms with Crippen LogP contribution in [0.15, 0.2) is 41.3 Å². The summed E-state index contributed by atoms with van der Waals surface area (Å²) in [5, 5.41) is 4.34. The smallest absolute Gasteiger partial charge is 0.250 e. The van der Waals surface area contributed by atoms with Gasteiger partial charge in [0.2, 0.25) is 0 Å². The average molecular weight is 303 g/mol. The maximum Gasteiger partial charge on any atom is 0.250 e. The van der Waals surface area contributed by atoms with Crippen molar-refractivity contribution in [1.29, 1.82) is 0 Å². The second-order valence-corrected chi connectivity index (χ2v) is 5.96. The van der Waals surface area contributed by atoms with E-state index in [9.17, 15) is 4.79 Å². The molecule has 2 aromatic rings. The highest BCUT2D eigenvalue weighted by molar-refractivity contribution is 6.30. The van der Waals surface area contributed by atoms with Crippen LogP contribution in [0.5, 0.6) is 0 Å². The van der Waals surface area contributed by atoms with Gasteiger partial charge >= 0.3 is 0 Å². The Morgan fingerprint density at radius 2 is 2.19 bits per heavy atom. The lowest BCUT2D eigenvalue weighted by Crippen LogP contribution is -2.19. The van der Waals surface area contributed by atoms with Crippen LogP contribution in [0.1, 0.15) is 36.9 Å². The molecule has 3 nitrogen and oxygen atoms in total. The summed E-state index contributed by atoms with van der Waals surface area (Å²) in [4.78, 5) is 11.8. The largest absolute Gasteiger partial charge is 0.377 e. The topological polar surface area (TPSA) is 34.0 Å². The molecule has 1 heterocycles. The standard InChI is InChI=1S/C17H19ClN2O/c1-2-9-20-11-14(5-8-17(20)21)19-16-7-3-12-10-13(18)4-6-15(12)16/h4-6,8,10-11,16,19H,2-3,7,9H2,1H3. The number of nitrogens with zero attached hydrogens (tertiary/aromatic N) is 1. The van der Waals surface area contributed by atoms with Gasteiger partial charge in [-0.15, -0.1) is 0 Å². The lowest BCUT2D eigenvalue weighted by Gasteiger charge is -2.16.